The van der Waals surface area contributed by atoms with E-state index in [4.69, 9.17) is 39.5 Å². The summed E-state index contributed by atoms with van der Waals surface area (Å²) in [6.07, 6.45) is 0.469. The molecular formula is C26H32Cl3N2O6-. The third-order valence-corrected chi connectivity index (χ3v) is 11.3. The first kappa shape index (κ1) is 28.7. The average molecular weight is 575 g/mol. The van der Waals surface area contributed by atoms with Crippen LogP contribution in [-0.2, 0) is 19.1 Å². The van der Waals surface area contributed by atoms with Gasteiger partial charge in [0.2, 0.25) is 0 Å². The molecule has 1 saturated heterocycles. The molecule has 2 fully saturated rings. The van der Waals surface area contributed by atoms with Gasteiger partial charge in [0.05, 0.1) is 22.2 Å². The lowest BCUT2D eigenvalue weighted by molar-refractivity contribution is -0.215. The van der Waals surface area contributed by atoms with Gasteiger partial charge in [0.25, 0.3) is 0 Å². The largest absolute Gasteiger partial charge is 0.711 e. The number of allylic oxidation sites excluding steroid dienone is 1. The molecule has 0 radical (unpaired) electrons. The fourth-order valence-electron chi connectivity index (χ4n) is 6.70. The van der Waals surface area contributed by atoms with Crippen LogP contribution in [0.15, 0.2) is 27.6 Å². The Morgan fingerprint density at radius 2 is 1.68 bits per heavy atom. The third-order valence-electron chi connectivity index (χ3n) is 9.21. The maximum Gasteiger partial charge on any atom is 0.196 e. The minimum Gasteiger partial charge on any atom is -0.711 e. The lowest BCUT2D eigenvalue weighted by Gasteiger charge is -2.61. The van der Waals surface area contributed by atoms with Crippen LogP contribution in [0.2, 0.25) is 0 Å². The molecule has 4 rings (SSSR count). The Bertz CT molecular complexity index is 1170. The molecule has 1 heterocycles. The molecule has 1 saturated carbocycles. The standard InChI is InChI=1S/C26H32Cl3N2O6/c1-11-18(32)16-15(17(31-30)19(11)33)21(35)26(9-12-22(2,3)13(27)7-8-24(12,6)36)25(29,20(16)34)10-14(28)23(4,5)37-26/h12-14,17,32,36H,7-10H2,1-6H3/q-1/t12-,13-,14+,17?,24-,25-,26+/m0/s1. The molecule has 0 spiro atoms. The first-order chi connectivity index (χ1) is 16.8. The highest BCUT2D eigenvalue weighted by Gasteiger charge is 2.73. The first-order valence-corrected chi connectivity index (χ1v) is 13.6. The number of Topliss-reactive ketones (excluding diaryl/α,β-unsaturated/α-hetero) is 3. The van der Waals surface area contributed by atoms with Crippen molar-refractivity contribution in [2.45, 2.75) is 106 Å². The first-order valence-electron chi connectivity index (χ1n) is 12.3. The van der Waals surface area contributed by atoms with Crippen LogP contribution in [0.3, 0.4) is 0 Å². The van der Waals surface area contributed by atoms with Crippen LogP contribution in [0.5, 0.6) is 0 Å². The number of aliphatic hydroxyl groups excluding tert-OH is 1. The number of carbonyl (C=O) groups excluding carboxylic acids is 3. The number of fused-ring (bicyclic) bond motifs is 1. The zero-order valence-corrected chi connectivity index (χ0v) is 24.0. The molecule has 8 nitrogen and oxygen atoms in total. The van der Waals surface area contributed by atoms with Gasteiger partial charge >= 0.3 is 0 Å². The average Bonchev–Trinajstić information content (AvgIpc) is 2.79. The molecule has 1 unspecified atom stereocenters. The summed E-state index contributed by atoms with van der Waals surface area (Å²) in [5.41, 5.74) is 3.32. The van der Waals surface area contributed by atoms with Gasteiger partial charge < -0.3 is 25.6 Å². The van der Waals surface area contributed by atoms with Crippen molar-refractivity contribution in [3.05, 3.63) is 28.0 Å². The molecule has 3 aliphatic carbocycles. The van der Waals surface area contributed by atoms with Crippen LogP contribution < -0.4 is 0 Å². The van der Waals surface area contributed by atoms with Crippen molar-refractivity contribution in [2.75, 3.05) is 0 Å². The normalized spacial score (nSPS) is 43.5. The molecular weight excluding hydrogens is 543 g/mol. The Kier molecular flexibility index (Phi) is 6.66. The van der Waals surface area contributed by atoms with Crippen molar-refractivity contribution in [3.63, 3.8) is 0 Å². The molecule has 2 N–H and O–H groups in total. The second kappa shape index (κ2) is 8.59. The van der Waals surface area contributed by atoms with E-state index in [1.165, 1.54) is 6.92 Å². The smallest absolute Gasteiger partial charge is 0.196 e. The summed E-state index contributed by atoms with van der Waals surface area (Å²) >= 11 is 20.5. The fraction of sp³-hybridized carbons (Fsp3) is 0.731. The van der Waals surface area contributed by atoms with Crippen molar-refractivity contribution in [3.8, 4) is 0 Å². The van der Waals surface area contributed by atoms with E-state index in [0.29, 0.717) is 12.8 Å². The summed E-state index contributed by atoms with van der Waals surface area (Å²) in [7, 11) is 0. The van der Waals surface area contributed by atoms with E-state index < -0.39 is 78.7 Å². The van der Waals surface area contributed by atoms with Crippen molar-refractivity contribution in [2.24, 2.45) is 16.4 Å². The number of ether oxygens (including phenoxy) is 1. The molecule has 4 aliphatic rings. The van der Waals surface area contributed by atoms with Gasteiger partial charge in [-0.2, -0.15) is 0 Å². The second-order valence-electron chi connectivity index (χ2n) is 12.2. The molecule has 204 valence electrons. The zero-order valence-electron chi connectivity index (χ0n) is 21.7. The number of hydrogen-bond donors (Lipinski definition) is 2. The van der Waals surface area contributed by atoms with Crippen molar-refractivity contribution >= 4 is 52.2 Å². The molecule has 1 aliphatic heterocycles. The van der Waals surface area contributed by atoms with Gasteiger partial charge in [-0.1, -0.05) is 13.8 Å². The highest BCUT2D eigenvalue weighted by atomic mass is 35.5. The molecule has 0 aromatic heterocycles. The SMILES string of the molecule is CC1=C(O)C2=C(C(=O)[C@@]3(C[C@H]4C(C)(C)[C@@H](Cl)CC[C@]4(C)O)OC(C)(C)[C@H](Cl)C[C@]3(Cl)C2=O)C(N=[N-])C1=O. The van der Waals surface area contributed by atoms with E-state index in [9.17, 15) is 30.1 Å². The molecule has 11 heteroatoms. The molecule has 37 heavy (non-hydrogen) atoms. The van der Waals surface area contributed by atoms with Crippen LogP contribution in [0.1, 0.15) is 67.2 Å². The van der Waals surface area contributed by atoms with Crippen molar-refractivity contribution in [1.29, 1.82) is 0 Å². The Morgan fingerprint density at radius 1 is 1.08 bits per heavy atom. The van der Waals surface area contributed by atoms with Crippen molar-refractivity contribution in [1.82, 2.24) is 0 Å². The third kappa shape index (κ3) is 3.73. The van der Waals surface area contributed by atoms with Gasteiger partial charge in [0.15, 0.2) is 23.0 Å². The van der Waals surface area contributed by atoms with Gasteiger partial charge in [-0.3, -0.25) is 14.4 Å². The molecule has 0 bridgehead atoms. The predicted molar refractivity (Wildman–Crippen MR) is 139 cm³/mol. The van der Waals surface area contributed by atoms with Crippen LogP contribution in [-0.4, -0.2) is 66.0 Å². The second-order valence-corrected chi connectivity index (χ2v) is 13.9. The van der Waals surface area contributed by atoms with E-state index >= 15 is 0 Å². The number of hydrogen-bond acceptors (Lipinski definition) is 7. The van der Waals surface area contributed by atoms with E-state index in [0.717, 1.165) is 0 Å². The summed E-state index contributed by atoms with van der Waals surface area (Å²) in [5.74, 6) is -3.89. The topological polar surface area (TPSA) is 136 Å². The summed E-state index contributed by atoms with van der Waals surface area (Å²) in [5, 5.41) is 24.3. The van der Waals surface area contributed by atoms with Gasteiger partial charge in [0.1, 0.15) is 16.7 Å². The Balaban J connectivity index is 2.03. The van der Waals surface area contributed by atoms with E-state index in [-0.39, 0.29) is 23.8 Å². The van der Waals surface area contributed by atoms with Gasteiger partial charge in [0, 0.05) is 16.5 Å². The van der Waals surface area contributed by atoms with Gasteiger partial charge in [-0.25, -0.2) is 0 Å². The van der Waals surface area contributed by atoms with Crippen LogP contribution in [0.25, 0.3) is 5.53 Å². The minimum absolute atomic E-state index is 0.189. The fourth-order valence-corrected chi connectivity index (χ4v) is 7.77. The summed E-state index contributed by atoms with van der Waals surface area (Å²) in [4.78, 5) is 39.6. The summed E-state index contributed by atoms with van der Waals surface area (Å²) < 4.78 is 6.47. The monoisotopic (exact) mass is 573 g/mol. The maximum absolute atomic E-state index is 14.6. The number of nitrogens with zero attached hydrogens (tertiary/aromatic N) is 2. The lowest BCUT2D eigenvalue weighted by Crippen LogP contribution is -2.75. The number of halogens is 3. The van der Waals surface area contributed by atoms with E-state index in [1.807, 2.05) is 13.8 Å². The lowest BCUT2D eigenvalue weighted by atomic mass is 9.53. The maximum atomic E-state index is 14.6. The highest BCUT2D eigenvalue weighted by Crippen LogP contribution is 2.61. The summed E-state index contributed by atoms with van der Waals surface area (Å²) in [6, 6.07) is -1.73. The molecule has 0 amide bonds. The number of carbonyl (C=O) groups is 3. The Morgan fingerprint density at radius 3 is 2.24 bits per heavy atom. The van der Waals surface area contributed by atoms with Crippen molar-refractivity contribution < 1.29 is 29.3 Å². The van der Waals surface area contributed by atoms with Gasteiger partial charge in [-0.15, -0.1) is 34.8 Å². The van der Waals surface area contributed by atoms with E-state index in [2.05, 4.69) is 5.11 Å². The highest BCUT2D eigenvalue weighted by molar-refractivity contribution is 6.46. The number of alkyl halides is 3. The van der Waals surface area contributed by atoms with E-state index in [1.54, 1.807) is 20.8 Å². The molecule has 7 atom stereocenters. The van der Waals surface area contributed by atoms with Gasteiger partial charge in [-0.05, 0) is 64.7 Å². The summed E-state index contributed by atoms with van der Waals surface area (Å²) in [6.45, 7) is 10.0. The predicted octanol–water partition coefficient (Wildman–Crippen LogP) is 4.95. The number of aliphatic hydroxyl groups is 2. The van der Waals surface area contributed by atoms with Crippen LogP contribution in [0, 0.1) is 11.3 Å². The van der Waals surface area contributed by atoms with Crippen LogP contribution >= 0.6 is 34.8 Å². The van der Waals surface area contributed by atoms with Crippen LogP contribution in [0.4, 0.5) is 0 Å². The molecule has 0 aromatic carbocycles. The Hall–Kier alpha value is -1.32. The number of rotatable bonds is 3. The Labute approximate surface area is 231 Å². The number of ketones is 3. The molecule has 0 aromatic rings. The zero-order chi connectivity index (χ0) is 28.1. The minimum atomic E-state index is -2.10. The quantitative estimate of drug-likeness (QED) is 0.362.